The summed E-state index contributed by atoms with van der Waals surface area (Å²) >= 11 is 2.10. The molecule has 1 spiro atoms. The lowest BCUT2D eigenvalue weighted by Crippen LogP contribution is -2.52. The average Bonchev–Trinajstić information content (AvgIpc) is 2.38. The zero-order valence-corrected chi connectivity index (χ0v) is 14.0. The first-order valence-electron chi connectivity index (χ1n) is 8.63. The second-order valence-corrected chi connectivity index (χ2v) is 8.84. The van der Waals surface area contributed by atoms with E-state index in [1.165, 1.54) is 56.5 Å². The van der Waals surface area contributed by atoms with Gasteiger partial charge in [-0.1, -0.05) is 13.8 Å². The normalized spacial score (nSPS) is 41.7. The summed E-state index contributed by atoms with van der Waals surface area (Å²) in [6, 6.07) is 1.46. The maximum absolute atomic E-state index is 6.21. The van der Waals surface area contributed by atoms with Crippen LogP contribution in [0.4, 0.5) is 0 Å². The Bertz CT molecular complexity index is 301. The van der Waals surface area contributed by atoms with Gasteiger partial charge in [0.2, 0.25) is 0 Å². The van der Waals surface area contributed by atoms with Gasteiger partial charge in [-0.05, 0) is 68.3 Å². The van der Waals surface area contributed by atoms with E-state index in [-0.39, 0.29) is 5.60 Å². The van der Waals surface area contributed by atoms with Crippen LogP contribution in [0.25, 0.3) is 0 Å². The van der Waals surface area contributed by atoms with Crippen molar-refractivity contribution in [2.45, 2.75) is 76.5 Å². The van der Waals surface area contributed by atoms with Crippen LogP contribution in [0.15, 0.2) is 0 Å². The largest absolute Gasteiger partial charge is 0.375 e. The quantitative estimate of drug-likeness (QED) is 0.836. The van der Waals surface area contributed by atoms with Crippen LogP contribution >= 0.6 is 11.8 Å². The molecule has 116 valence electrons. The average molecular weight is 298 g/mol. The summed E-state index contributed by atoms with van der Waals surface area (Å²) in [5.41, 5.74) is 0.229. The number of hydrogen-bond acceptors (Lipinski definition) is 3. The Morgan fingerprint density at radius 2 is 1.70 bits per heavy atom. The van der Waals surface area contributed by atoms with E-state index in [1.807, 2.05) is 0 Å². The summed E-state index contributed by atoms with van der Waals surface area (Å²) in [6.07, 6.45) is 9.20. The van der Waals surface area contributed by atoms with Gasteiger partial charge in [-0.25, -0.2) is 0 Å². The molecule has 0 aromatic rings. The zero-order valence-electron chi connectivity index (χ0n) is 13.2. The van der Waals surface area contributed by atoms with Crippen LogP contribution in [0.1, 0.15) is 58.8 Å². The van der Waals surface area contributed by atoms with Crippen LogP contribution in [-0.4, -0.2) is 35.8 Å². The summed E-state index contributed by atoms with van der Waals surface area (Å²) in [7, 11) is 0. The van der Waals surface area contributed by atoms with Gasteiger partial charge in [-0.15, -0.1) is 0 Å². The smallest absolute Gasteiger partial charge is 0.0713 e. The monoisotopic (exact) mass is 297 g/mol. The number of rotatable bonds is 2. The minimum Gasteiger partial charge on any atom is -0.375 e. The Kier molecular flexibility index (Phi) is 4.99. The molecule has 3 atom stereocenters. The molecule has 3 fully saturated rings. The third-order valence-electron chi connectivity index (χ3n) is 5.55. The van der Waals surface area contributed by atoms with Crippen molar-refractivity contribution in [1.29, 1.82) is 0 Å². The van der Waals surface area contributed by atoms with Crippen molar-refractivity contribution in [1.82, 2.24) is 5.32 Å². The first kappa shape index (κ1) is 15.2. The van der Waals surface area contributed by atoms with E-state index in [4.69, 9.17) is 4.74 Å². The first-order valence-corrected chi connectivity index (χ1v) is 9.78. The Hall–Kier alpha value is 0.270. The Labute approximate surface area is 128 Å². The third kappa shape index (κ3) is 3.72. The summed E-state index contributed by atoms with van der Waals surface area (Å²) in [4.78, 5) is 0. The molecule has 20 heavy (non-hydrogen) atoms. The summed E-state index contributed by atoms with van der Waals surface area (Å²) < 4.78 is 6.21. The van der Waals surface area contributed by atoms with E-state index in [0.29, 0.717) is 6.04 Å². The number of thioether (sulfide) groups is 1. The molecule has 0 bridgehead atoms. The van der Waals surface area contributed by atoms with Gasteiger partial charge in [0.05, 0.1) is 5.60 Å². The molecule has 3 rings (SSSR count). The molecule has 0 amide bonds. The highest BCUT2D eigenvalue weighted by Gasteiger charge is 2.39. The highest BCUT2D eigenvalue weighted by molar-refractivity contribution is 7.99. The molecule has 2 aliphatic heterocycles. The van der Waals surface area contributed by atoms with Gasteiger partial charge in [0.25, 0.3) is 0 Å². The second kappa shape index (κ2) is 6.58. The van der Waals surface area contributed by atoms with Crippen LogP contribution in [-0.2, 0) is 4.74 Å². The van der Waals surface area contributed by atoms with E-state index in [2.05, 4.69) is 30.9 Å². The Morgan fingerprint density at radius 1 is 1.00 bits per heavy atom. The van der Waals surface area contributed by atoms with Crippen LogP contribution in [0.3, 0.4) is 0 Å². The van der Waals surface area contributed by atoms with Gasteiger partial charge >= 0.3 is 0 Å². The van der Waals surface area contributed by atoms with Crippen LogP contribution in [0.5, 0.6) is 0 Å². The highest BCUT2D eigenvalue weighted by atomic mass is 32.2. The van der Waals surface area contributed by atoms with Crippen molar-refractivity contribution >= 4 is 11.8 Å². The van der Waals surface area contributed by atoms with Crippen LogP contribution in [0, 0.1) is 11.8 Å². The van der Waals surface area contributed by atoms with Gasteiger partial charge in [-0.2, -0.15) is 11.8 Å². The lowest BCUT2D eigenvalue weighted by Gasteiger charge is -2.45. The molecule has 3 unspecified atom stereocenters. The molecule has 0 radical (unpaired) electrons. The minimum absolute atomic E-state index is 0.229. The Morgan fingerprint density at radius 3 is 2.40 bits per heavy atom. The predicted molar refractivity (Wildman–Crippen MR) is 87.4 cm³/mol. The lowest BCUT2D eigenvalue weighted by atomic mass is 9.79. The summed E-state index contributed by atoms with van der Waals surface area (Å²) in [5.74, 6) is 4.39. The topological polar surface area (TPSA) is 21.3 Å². The minimum atomic E-state index is 0.229. The second-order valence-electron chi connectivity index (χ2n) is 7.61. The van der Waals surface area contributed by atoms with Crippen molar-refractivity contribution in [3.63, 3.8) is 0 Å². The van der Waals surface area contributed by atoms with E-state index in [0.717, 1.165) is 24.5 Å². The van der Waals surface area contributed by atoms with Gasteiger partial charge in [0.15, 0.2) is 0 Å². The SMILES string of the molecule is CC1CC(C)CC(NC2CCOC3(CCSCC3)C2)C1. The molecule has 2 heterocycles. The maximum atomic E-state index is 6.21. The molecule has 3 heteroatoms. The van der Waals surface area contributed by atoms with Gasteiger partial charge in [0, 0.05) is 18.7 Å². The van der Waals surface area contributed by atoms with E-state index in [1.54, 1.807) is 0 Å². The van der Waals surface area contributed by atoms with Crippen molar-refractivity contribution in [2.24, 2.45) is 11.8 Å². The molecular weight excluding hydrogens is 266 g/mol. The first-order chi connectivity index (χ1) is 9.65. The van der Waals surface area contributed by atoms with Crippen molar-refractivity contribution < 1.29 is 4.74 Å². The van der Waals surface area contributed by atoms with E-state index >= 15 is 0 Å². The predicted octanol–water partition coefficient (Wildman–Crippen LogP) is 3.85. The van der Waals surface area contributed by atoms with E-state index < -0.39 is 0 Å². The number of nitrogens with one attached hydrogen (secondary N) is 1. The highest BCUT2D eigenvalue weighted by Crippen LogP contribution is 2.38. The summed E-state index contributed by atoms with van der Waals surface area (Å²) in [6.45, 7) is 5.82. The maximum Gasteiger partial charge on any atom is 0.0713 e. The summed E-state index contributed by atoms with van der Waals surface area (Å²) in [5, 5.41) is 4.00. The van der Waals surface area contributed by atoms with Crippen LogP contribution in [0.2, 0.25) is 0 Å². The fourth-order valence-electron chi connectivity index (χ4n) is 4.68. The number of hydrogen-bond donors (Lipinski definition) is 1. The fraction of sp³-hybridized carbons (Fsp3) is 1.00. The van der Waals surface area contributed by atoms with Gasteiger partial charge in [-0.3, -0.25) is 0 Å². The van der Waals surface area contributed by atoms with Crippen molar-refractivity contribution in [2.75, 3.05) is 18.1 Å². The Balaban J connectivity index is 1.54. The molecule has 0 aromatic heterocycles. The molecule has 1 aliphatic carbocycles. The zero-order chi connectivity index (χ0) is 14.0. The molecule has 3 aliphatic rings. The van der Waals surface area contributed by atoms with Gasteiger partial charge < -0.3 is 10.1 Å². The standard InChI is InChI=1S/C17H31NOS/c1-13-9-14(2)11-16(10-13)18-15-3-6-19-17(12-15)4-7-20-8-5-17/h13-16,18H,3-12H2,1-2H3. The van der Waals surface area contributed by atoms with Crippen molar-refractivity contribution in [3.8, 4) is 0 Å². The number of ether oxygens (including phenoxy) is 1. The molecule has 1 N–H and O–H groups in total. The molecule has 2 saturated heterocycles. The van der Waals surface area contributed by atoms with Crippen LogP contribution < -0.4 is 5.32 Å². The van der Waals surface area contributed by atoms with Gasteiger partial charge in [0.1, 0.15) is 0 Å². The fourth-order valence-corrected chi connectivity index (χ4v) is 5.92. The molecular formula is C17H31NOS. The molecule has 2 nitrogen and oxygen atoms in total. The lowest BCUT2D eigenvalue weighted by molar-refractivity contribution is -0.0949. The third-order valence-corrected chi connectivity index (χ3v) is 6.53. The van der Waals surface area contributed by atoms with E-state index in [9.17, 15) is 0 Å². The van der Waals surface area contributed by atoms with Crippen molar-refractivity contribution in [3.05, 3.63) is 0 Å². The molecule has 1 saturated carbocycles. The molecule has 0 aromatic carbocycles.